The van der Waals surface area contributed by atoms with Gasteiger partial charge in [0, 0.05) is 16.7 Å². The Morgan fingerprint density at radius 2 is 1.82 bits per heavy atom. The van der Waals surface area contributed by atoms with E-state index in [-0.39, 0.29) is 6.15 Å². The standard InChI is InChI=1S/C20H22Cl2O2S.CO2/c1-4-9-23-20-8-6-17(10-15(20)3)25-13-14(2)12-24-16-5-7-18(21)19(22)11-16;2-1-3/h5-8,10-11H,2,4,9,12-13H2,1,3H3;. The van der Waals surface area contributed by atoms with Crippen LogP contribution in [0.3, 0.4) is 0 Å². The van der Waals surface area contributed by atoms with Crippen molar-refractivity contribution in [2.75, 3.05) is 19.0 Å². The summed E-state index contributed by atoms with van der Waals surface area (Å²) in [5, 5.41) is 1.00. The van der Waals surface area contributed by atoms with Gasteiger partial charge in [0.15, 0.2) is 0 Å². The van der Waals surface area contributed by atoms with Gasteiger partial charge in [-0.05, 0) is 54.8 Å². The first-order valence-electron chi connectivity index (χ1n) is 8.51. The van der Waals surface area contributed by atoms with Gasteiger partial charge in [-0.25, -0.2) is 0 Å². The van der Waals surface area contributed by atoms with Crippen LogP contribution in [0.1, 0.15) is 18.9 Å². The maximum absolute atomic E-state index is 8.12. The van der Waals surface area contributed by atoms with Crippen LogP contribution in [0.2, 0.25) is 10.0 Å². The first-order valence-corrected chi connectivity index (χ1v) is 10.2. The third-order valence-corrected chi connectivity index (χ3v) is 5.26. The van der Waals surface area contributed by atoms with Crippen LogP contribution in [-0.2, 0) is 9.59 Å². The van der Waals surface area contributed by atoms with Crippen LogP contribution in [0.4, 0.5) is 0 Å². The van der Waals surface area contributed by atoms with Gasteiger partial charge in [0.25, 0.3) is 0 Å². The van der Waals surface area contributed by atoms with Crippen molar-refractivity contribution in [1.29, 1.82) is 0 Å². The second-order valence-electron chi connectivity index (χ2n) is 5.76. The second kappa shape index (κ2) is 13.3. The van der Waals surface area contributed by atoms with E-state index in [1.54, 1.807) is 30.0 Å². The fourth-order valence-corrected chi connectivity index (χ4v) is 3.23. The van der Waals surface area contributed by atoms with Gasteiger partial charge >= 0.3 is 6.15 Å². The zero-order chi connectivity index (χ0) is 20.9. The molecule has 0 aliphatic heterocycles. The number of thioether (sulfide) groups is 1. The molecule has 0 saturated heterocycles. The Balaban J connectivity index is 0.00000122. The fourth-order valence-electron chi connectivity index (χ4n) is 2.06. The molecule has 0 N–H and O–H groups in total. The summed E-state index contributed by atoms with van der Waals surface area (Å²) in [4.78, 5) is 17.4. The minimum absolute atomic E-state index is 0.250. The van der Waals surface area contributed by atoms with E-state index in [4.69, 9.17) is 42.3 Å². The van der Waals surface area contributed by atoms with Gasteiger partial charge in [-0.3, -0.25) is 0 Å². The van der Waals surface area contributed by atoms with Crippen molar-refractivity contribution in [1.82, 2.24) is 0 Å². The number of halogens is 2. The van der Waals surface area contributed by atoms with Crippen LogP contribution in [0.15, 0.2) is 53.4 Å². The highest BCUT2D eigenvalue weighted by molar-refractivity contribution is 7.99. The van der Waals surface area contributed by atoms with E-state index in [0.717, 1.165) is 35.7 Å². The molecule has 0 spiro atoms. The molecule has 0 radical (unpaired) electrons. The molecule has 28 heavy (non-hydrogen) atoms. The minimum atomic E-state index is 0.250. The minimum Gasteiger partial charge on any atom is -0.493 e. The van der Waals surface area contributed by atoms with Crippen molar-refractivity contribution in [3.8, 4) is 11.5 Å². The molecule has 0 aliphatic carbocycles. The number of benzene rings is 2. The van der Waals surface area contributed by atoms with Crippen molar-refractivity contribution in [3.63, 3.8) is 0 Å². The monoisotopic (exact) mass is 440 g/mol. The summed E-state index contributed by atoms with van der Waals surface area (Å²) in [5.74, 6) is 2.43. The van der Waals surface area contributed by atoms with Crippen LogP contribution in [0.5, 0.6) is 11.5 Å². The van der Waals surface area contributed by atoms with Gasteiger partial charge in [-0.15, -0.1) is 11.8 Å². The number of carbonyl (C=O) groups excluding carboxylic acids is 2. The first kappa shape index (κ1) is 24.1. The zero-order valence-corrected chi connectivity index (χ0v) is 18.1. The largest absolute Gasteiger partial charge is 0.493 e. The average Bonchev–Trinajstić information content (AvgIpc) is 2.67. The predicted molar refractivity (Wildman–Crippen MR) is 114 cm³/mol. The molecule has 0 fully saturated rings. The lowest BCUT2D eigenvalue weighted by Crippen LogP contribution is -2.02. The normalized spacial score (nSPS) is 9.71. The molecule has 0 heterocycles. The maximum Gasteiger partial charge on any atom is 0.373 e. The highest BCUT2D eigenvalue weighted by Crippen LogP contribution is 2.28. The van der Waals surface area contributed by atoms with Gasteiger partial charge in [-0.1, -0.05) is 36.7 Å². The number of rotatable bonds is 9. The summed E-state index contributed by atoms with van der Waals surface area (Å²) >= 11 is 13.6. The van der Waals surface area contributed by atoms with Gasteiger partial charge in [0.1, 0.15) is 18.1 Å². The van der Waals surface area contributed by atoms with Crippen molar-refractivity contribution < 1.29 is 19.1 Å². The van der Waals surface area contributed by atoms with Crippen molar-refractivity contribution >= 4 is 41.1 Å². The smallest absolute Gasteiger partial charge is 0.373 e. The Labute approximate surface area is 179 Å². The lowest BCUT2D eigenvalue weighted by Gasteiger charge is -2.11. The van der Waals surface area contributed by atoms with Crippen molar-refractivity contribution in [2.24, 2.45) is 0 Å². The molecular weight excluding hydrogens is 419 g/mol. The highest BCUT2D eigenvalue weighted by atomic mass is 35.5. The molecule has 0 unspecified atom stereocenters. The molecule has 0 saturated carbocycles. The van der Waals surface area contributed by atoms with Crippen molar-refractivity contribution in [3.05, 3.63) is 64.2 Å². The Bertz CT molecular complexity index is 818. The molecule has 2 aromatic rings. The SMILES string of the molecule is C=C(COc1ccc(Cl)c(Cl)c1)CSc1ccc(OCCC)c(C)c1.O=C=O. The molecule has 2 rings (SSSR count). The lowest BCUT2D eigenvalue weighted by atomic mass is 10.2. The van der Waals surface area contributed by atoms with Gasteiger partial charge < -0.3 is 9.47 Å². The zero-order valence-electron chi connectivity index (χ0n) is 15.8. The van der Waals surface area contributed by atoms with Crippen LogP contribution in [0, 0.1) is 6.92 Å². The number of aryl methyl sites for hydroxylation is 1. The molecule has 0 aliphatic rings. The molecular formula is C21H22Cl2O4S. The summed E-state index contributed by atoms with van der Waals surface area (Å²) < 4.78 is 11.4. The third kappa shape index (κ3) is 8.85. The fraction of sp³-hybridized carbons (Fsp3) is 0.286. The van der Waals surface area contributed by atoms with E-state index in [1.807, 2.05) is 6.07 Å². The Morgan fingerprint density at radius 1 is 1.11 bits per heavy atom. The Kier molecular flexibility index (Phi) is 11.5. The van der Waals surface area contributed by atoms with Crippen molar-refractivity contribution in [2.45, 2.75) is 25.2 Å². The van der Waals surface area contributed by atoms with Gasteiger partial charge in [0.2, 0.25) is 0 Å². The molecule has 0 amide bonds. The summed E-state index contributed by atoms with van der Waals surface area (Å²) in [6.07, 6.45) is 1.26. The second-order valence-corrected chi connectivity index (χ2v) is 7.63. The topological polar surface area (TPSA) is 52.6 Å². The Morgan fingerprint density at radius 3 is 2.43 bits per heavy atom. The van der Waals surface area contributed by atoms with E-state index in [9.17, 15) is 0 Å². The van der Waals surface area contributed by atoms with Crippen LogP contribution >= 0.6 is 35.0 Å². The number of ether oxygens (including phenoxy) is 2. The maximum atomic E-state index is 8.12. The third-order valence-electron chi connectivity index (χ3n) is 3.39. The van der Waals surface area contributed by atoms with Crippen LogP contribution < -0.4 is 9.47 Å². The molecule has 0 aromatic heterocycles. The highest BCUT2D eigenvalue weighted by Gasteiger charge is 2.05. The summed E-state index contributed by atoms with van der Waals surface area (Å²) in [6, 6.07) is 11.5. The summed E-state index contributed by atoms with van der Waals surface area (Å²) in [7, 11) is 0. The van der Waals surface area contributed by atoms with E-state index in [2.05, 4.69) is 32.6 Å². The van der Waals surface area contributed by atoms with E-state index in [0.29, 0.717) is 22.4 Å². The average molecular weight is 441 g/mol. The number of hydrogen-bond acceptors (Lipinski definition) is 5. The van der Waals surface area contributed by atoms with E-state index >= 15 is 0 Å². The Hall–Kier alpha value is -1.91. The van der Waals surface area contributed by atoms with Gasteiger partial charge in [0.05, 0.1) is 16.7 Å². The molecule has 4 nitrogen and oxygen atoms in total. The first-order chi connectivity index (χ1) is 13.4. The van der Waals surface area contributed by atoms with Crippen LogP contribution in [-0.4, -0.2) is 25.1 Å². The van der Waals surface area contributed by atoms with Gasteiger partial charge in [-0.2, -0.15) is 9.59 Å². The lowest BCUT2D eigenvalue weighted by molar-refractivity contribution is -0.191. The molecule has 150 valence electrons. The molecule has 0 bridgehead atoms. The summed E-state index contributed by atoms with van der Waals surface area (Å²) in [5.41, 5.74) is 2.15. The van der Waals surface area contributed by atoms with E-state index < -0.39 is 0 Å². The predicted octanol–water partition coefficient (Wildman–Crippen LogP) is 6.23. The molecule has 2 aromatic carbocycles. The molecule has 0 atom stereocenters. The summed E-state index contributed by atoms with van der Waals surface area (Å²) in [6.45, 7) is 9.44. The van der Waals surface area contributed by atoms with Crippen LogP contribution in [0.25, 0.3) is 0 Å². The number of hydrogen-bond donors (Lipinski definition) is 0. The molecule has 7 heteroatoms. The quantitative estimate of drug-likeness (QED) is 0.341. The van der Waals surface area contributed by atoms with E-state index in [1.165, 1.54) is 4.90 Å².